The van der Waals surface area contributed by atoms with E-state index >= 15 is 0 Å². The molecule has 2 aromatic rings. The molecule has 0 aliphatic rings. The standard InChI is InChI=1S/C14H11BrN2O4/c1-8-6-10(18)3-5-12(8)16-14(19)9-2-4-11(15)13(7-9)17(20)21/h2-7,18H,1H3,(H,16,19). The third kappa shape index (κ3) is 3.38. The van der Waals surface area contributed by atoms with E-state index in [1.807, 2.05) is 0 Å². The van der Waals surface area contributed by atoms with Gasteiger partial charge in [-0.1, -0.05) is 0 Å². The van der Waals surface area contributed by atoms with E-state index in [0.717, 1.165) is 0 Å². The summed E-state index contributed by atoms with van der Waals surface area (Å²) in [5.74, 6) is -0.357. The van der Waals surface area contributed by atoms with Crippen LogP contribution >= 0.6 is 15.9 Å². The molecule has 21 heavy (non-hydrogen) atoms. The Morgan fingerprint density at radius 2 is 2.00 bits per heavy atom. The molecule has 0 radical (unpaired) electrons. The first-order valence-electron chi connectivity index (χ1n) is 5.93. The first kappa shape index (κ1) is 15.0. The number of rotatable bonds is 3. The maximum Gasteiger partial charge on any atom is 0.284 e. The monoisotopic (exact) mass is 350 g/mol. The number of hydrogen-bond donors (Lipinski definition) is 2. The van der Waals surface area contributed by atoms with Crippen LogP contribution in [0.1, 0.15) is 15.9 Å². The Morgan fingerprint density at radius 1 is 1.29 bits per heavy atom. The van der Waals surface area contributed by atoms with Crippen molar-refractivity contribution in [2.75, 3.05) is 5.32 Å². The number of benzene rings is 2. The summed E-state index contributed by atoms with van der Waals surface area (Å²) in [6, 6.07) is 8.68. The molecule has 6 nitrogen and oxygen atoms in total. The van der Waals surface area contributed by atoms with E-state index in [2.05, 4.69) is 21.2 Å². The summed E-state index contributed by atoms with van der Waals surface area (Å²) in [4.78, 5) is 22.4. The first-order chi connectivity index (χ1) is 9.88. The molecule has 1 amide bonds. The van der Waals surface area contributed by atoms with Crippen LogP contribution in [-0.2, 0) is 0 Å². The highest BCUT2D eigenvalue weighted by atomic mass is 79.9. The second-order valence-electron chi connectivity index (χ2n) is 4.38. The third-order valence-corrected chi connectivity index (χ3v) is 3.53. The number of carbonyl (C=O) groups excluding carboxylic acids is 1. The van der Waals surface area contributed by atoms with Crippen LogP contribution in [0.25, 0.3) is 0 Å². The van der Waals surface area contributed by atoms with Crippen LogP contribution in [0, 0.1) is 17.0 Å². The summed E-state index contributed by atoms with van der Waals surface area (Å²) in [5, 5.41) is 22.8. The van der Waals surface area contributed by atoms with Crippen LogP contribution in [0.2, 0.25) is 0 Å². The lowest BCUT2D eigenvalue weighted by Gasteiger charge is -2.09. The number of halogens is 1. The zero-order valence-corrected chi connectivity index (χ0v) is 12.5. The molecule has 0 bridgehead atoms. The highest BCUT2D eigenvalue weighted by molar-refractivity contribution is 9.10. The Morgan fingerprint density at radius 3 is 2.62 bits per heavy atom. The lowest BCUT2D eigenvalue weighted by atomic mass is 10.1. The van der Waals surface area contributed by atoms with Crippen molar-refractivity contribution in [1.29, 1.82) is 0 Å². The Labute approximate surface area is 128 Å². The zero-order chi connectivity index (χ0) is 15.6. The Kier molecular flexibility index (Phi) is 4.23. The largest absolute Gasteiger partial charge is 0.508 e. The number of aromatic hydroxyl groups is 1. The predicted octanol–water partition coefficient (Wildman–Crippen LogP) is 3.62. The summed E-state index contributed by atoms with van der Waals surface area (Å²) < 4.78 is 0.310. The number of aryl methyl sites for hydroxylation is 1. The molecule has 0 saturated carbocycles. The normalized spacial score (nSPS) is 10.2. The Bertz CT molecular complexity index is 731. The Hall–Kier alpha value is -2.41. The number of phenols is 1. The molecule has 2 aromatic carbocycles. The van der Waals surface area contributed by atoms with E-state index in [1.54, 1.807) is 13.0 Å². The van der Waals surface area contributed by atoms with Gasteiger partial charge in [0.1, 0.15) is 5.75 Å². The average Bonchev–Trinajstić information content (AvgIpc) is 2.42. The zero-order valence-electron chi connectivity index (χ0n) is 11.0. The lowest BCUT2D eigenvalue weighted by Crippen LogP contribution is -2.13. The molecular formula is C14H11BrN2O4. The van der Waals surface area contributed by atoms with Gasteiger partial charge in [-0.15, -0.1) is 0 Å². The van der Waals surface area contributed by atoms with Crippen LogP contribution < -0.4 is 5.32 Å². The molecule has 0 atom stereocenters. The van der Waals surface area contributed by atoms with Crippen molar-refractivity contribution in [3.05, 3.63) is 62.1 Å². The van der Waals surface area contributed by atoms with Gasteiger partial charge in [-0.25, -0.2) is 0 Å². The van der Waals surface area contributed by atoms with Crippen molar-refractivity contribution >= 4 is 33.2 Å². The van der Waals surface area contributed by atoms with Crippen molar-refractivity contribution in [2.24, 2.45) is 0 Å². The van der Waals surface area contributed by atoms with Gasteiger partial charge in [-0.2, -0.15) is 0 Å². The third-order valence-electron chi connectivity index (χ3n) is 2.86. The van der Waals surface area contributed by atoms with Crippen LogP contribution in [0.5, 0.6) is 5.75 Å². The highest BCUT2D eigenvalue weighted by Gasteiger charge is 2.16. The van der Waals surface area contributed by atoms with Gasteiger partial charge in [0.2, 0.25) is 0 Å². The molecule has 0 aliphatic carbocycles. The molecule has 0 unspecified atom stereocenters. The fourth-order valence-corrected chi connectivity index (χ4v) is 2.17. The van der Waals surface area contributed by atoms with Crippen molar-refractivity contribution in [2.45, 2.75) is 6.92 Å². The molecule has 0 saturated heterocycles. The number of nitro groups is 1. The molecule has 7 heteroatoms. The minimum Gasteiger partial charge on any atom is -0.508 e. The number of hydrogen-bond acceptors (Lipinski definition) is 4. The maximum absolute atomic E-state index is 12.1. The van der Waals surface area contributed by atoms with Gasteiger partial charge in [-0.05, 0) is 58.7 Å². The summed E-state index contributed by atoms with van der Waals surface area (Å²) in [5.41, 5.74) is 1.22. The number of anilines is 1. The number of nitrogens with zero attached hydrogens (tertiary/aromatic N) is 1. The molecule has 0 spiro atoms. The summed E-state index contributed by atoms with van der Waals surface area (Å²) >= 11 is 3.07. The lowest BCUT2D eigenvalue weighted by molar-refractivity contribution is -0.385. The maximum atomic E-state index is 12.1. The van der Waals surface area contributed by atoms with Crippen LogP contribution in [0.15, 0.2) is 40.9 Å². The first-order valence-corrected chi connectivity index (χ1v) is 6.72. The van der Waals surface area contributed by atoms with Gasteiger partial charge in [0, 0.05) is 17.3 Å². The van der Waals surface area contributed by atoms with E-state index < -0.39 is 10.8 Å². The second kappa shape index (κ2) is 5.92. The van der Waals surface area contributed by atoms with E-state index in [4.69, 9.17) is 0 Å². The second-order valence-corrected chi connectivity index (χ2v) is 5.23. The number of carbonyl (C=O) groups is 1. The van der Waals surface area contributed by atoms with E-state index in [1.165, 1.54) is 30.3 Å². The number of nitrogens with one attached hydrogen (secondary N) is 1. The number of amides is 1. The van der Waals surface area contributed by atoms with Gasteiger partial charge in [-0.3, -0.25) is 14.9 Å². The minimum atomic E-state index is -0.563. The highest BCUT2D eigenvalue weighted by Crippen LogP contribution is 2.26. The van der Waals surface area contributed by atoms with Gasteiger partial charge in [0.25, 0.3) is 11.6 Å². The van der Waals surface area contributed by atoms with Crippen molar-refractivity contribution in [3.8, 4) is 5.75 Å². The molecule has 0 aromatic heterocycles. The quantitative estimate of drug-likeness (QED) is 0.502. The van der Waals surface area contributed by atoms with E-state index in [9.17, 15) is 20.0 Å². The SMILES string of the molecule is Cc1cc(O)ccc1NC(=O)c1ccc(Br)c([N+](=O)[O-])c1. The predicted molar refractivity (Wildman–Crippen MR) is 81.6 cm³/mol. The molecule has 0 aliphatic heterocycles. The Balaban J connectivity index is 2.28. The molecule has 0 heterocycles. The van der Waals surface area contributed by atoms with Crippen LogP contribution in [-0.4, -0.2) is 15.9 Å². The summed E-state index contributed by atoms with van der Waals surface area (Å²) in [6.07, 6.45) is 0. The molecule has 2 rings (SSSR count). The fourth-order valence-electron chi connectivity index (χ4n) is 1.78. The van der Waals surface area contributed by atoms with E-state index in [0.29, 0.717) is 15.7 Å². The topological polar surface area (TPSA) is 92.5 Å². The smallest absolute Gasteiger partial charge is 0.284 e. The molecular weight excluding hydrogens is 340 g/mol. The van der Waals surface area contributed by atoms with Crippen LogP contribution in [0.4, 0.5) is 11.4 Å². The fraction of sp³-hybridized carbons (Fsp3) is 0.0714. The molecule has 108 valence electrons. The minimum absolute atomic E-state index is 0.102. The molecule has 0 fully saturated rings. The van der Waals surface area contributed by atoms with Crippen molar-refractivity contribution in [3.63, 3.8) is 0 Å². The summed E-state index contributed by atoms with van der Waals surface area (Å²) in [6.45, 7) is 1.74. The van der Waals surface area contributed by atoms with E-state index in [-0.39, 0.29) is 17.0 Å². The van der Waals surface area contributed by atoms with Gasteiger partial charge < -0.3 is 10.4 Å². The van der Waals surface area contributed by atoms with Gasteiger partial charge in [0.05, 0.1) is 9.40 Å². The number of nitro benzene ring substituents is 1. The van der Waals surface area contributed by atoms with Crippen LogP contribution in [0.3, 0.4) is 0 Å². The van der Waals surface area contributed by atoms with Crippen molar-refractivity contribution in [1.82, 2.24) is 0 Å². The van der Waals surface area contributed by atoms with Gasteiger partial charge >= 0.3 is 0 Å². The van der Waals surface area contributed by atoms with Gasteiger partial charge in [0.15, 0.2) is 0 Å². The average molecular weight is 351 g/mol. The number of phenolic OH excluding ortho intramolecular Hbond substituents is 1. The van der Waals surface area contributed by atoms with Crippen molar-refractivity contribution < 1.29 is 14.8 Å². The summed E-state index contributed by atoms with van der Waals surface area (Å²) in [7, 11) is 0. The molecule has 2 N–H and O–H groups in total.